The third-order valence-electron chi connectivity index (χ3n) is 2.27. The molecule has 0 radical (unpaired) electrons. The molecule has 0 aliphatic rings. The number of non-ortho nitro benzene ring substituents is 1. The zero-order chi connectivity index (χ0) is 16.8. The molecule has 0 fully saturated rings. The number of hydrogen-bond acceptors (Lipinski definition) is 4. The van der Waals surface area contributed by atoms with Gasteiger partial charge < -0.3 is 4.74 Å². The van der Waals surface area contributed by atoms with Crippen LogP contribution in [0.5, 0.6) is 0 Å². The van der Waals surface area contributed by atoms with E-state index in [1.807, 2.05) is 5.92 Å². The SMILES string of the molecule is CCOC(=O)/C=C(\C#Cc1ccc([N+](=O)[O-])cc1)C(F)(F)F. The molecule has 0 bridgehead atoms. The van der Waals surface area contributed by atoms with E-state index >= 15 is 0 Å². The molecule has 8 heteroatoms. The Balaban J connectivity index is 3.06. The maximum absolute atomic E-state index is 12.7. The summed E-state index contributed by atoms with van der Waals surface area (Å²) in [5.74, 6) is 2.88. The fourth-order valence-corrected chi connectivity index (χ4v) is 1.30. The zero-order valence-electron chi connectivity index (χ0n) is 11.3. The lowest BCUT2D eigenvalue weighted by Gasteiger charge is -2.05. The van der Waals surface area contributed by atoms with Crippen LogP contribution in [0.3, 0.4) is 0 Å². The van der Waals surface area contributed by atoms with E-state index < -0.39 is 22.6 Å². The molecule has 0 saturated heterocycles. The van der Waals surface area contributed by atoms with Crippen molar-refractivity contribution in [3.8, 4) is 11.8 Å². The molecule has 1 aromatic carbocycles. The number of halogens is 3. The van der Waals surface area contributed by atoms with Crippen LogP contribution in [0.2, 0.25) is 0 Å². The lowest BCUT2D eigenvalue weighted by Crippen LogP contribution is -2.13. The maximum atomic E-state index is 12.7. The minimum atomic E-state index is -4.81. The van der Waals surface area contributed by atoms with E-state index in [-0.39, 0.29) is 23.9 Å². The van der Waals surface area contributed by atoms with Crippen LogP contribution >= 0.6 is 0 Å². The predicted octanol–water partition coefficient (Wildman–Crippen LogP) is 3.00. The first-order valence-corrected chi connectivity index (χ1v) is 5.96. The first-order chi connectivity index (χ1) is 10.2. The molecule has 0 spiro atoms. The average Bonchev–Trinajstić information content (AvgIpc) is 2.43. The van der Waals surface area contributed by atoms with E-state index in [4.69, 9.17) is 0 Å². The smallest absolute Gasteiger partial charge is 0.424 e. The highest BCUT2D eigenvalue weighted by Crippen LogP contribution is 2.25. The Hall–Kier alpha value is -2.82. The van der Waals surface area contributed by atoms with Gasteiger partial charge in [0.15, 0.2) is 0 Å². The fraction of sp³-hybridized carbons (Fsp3) is 0.214. The van der Waals surface area contributed by atoms with Crippen LogP contribution < -0.4 is 0 Å². The summed E-state index contributed by atoms with van der Waals surface area (Å²) >= 11 is 0. The van der Waals surface area contributed by atoms with Gasteiger partial charge in [-0.05, 0) is 19.1 Å². The summed E-state index contributed by atoms with van der Waals surface area (Å²) < 4.78 is 42.6. The number of hydrogen-bond donors (Lipinski definition) is 0. The first-order valence-electron chi connectivity index (χ1n) is 5.96. The van der Waals surface area contributed by atoms with Crippen LogP contribution in [0.1, 0.15) is 12.5 Å². The predicted molar refractivity (Wildman–Crippen MR) is 70.7 cm³/mol. The largest absolute Gasteiger partial charge is 0.463 e. The second kappa shape index (κ2) is 7.26. The van der Waals surface area contributed by atoms with Crippen molar-refractivity contribution in [1.29, 1.82) is 0 Å². The number of nitro groups is 1. The standard InChI is InChI=1S/C14H10F3NO4/c1-2-22-13(19)9-11(14(15,16)17)6-3-10-4-7-12(8-5-10)18(20)21/h4-5,7-9H,2H2,1H3/b11-9+. The second-order valence-corrected chi connectivity index (χ2v) is 3.86. The Labute approximate surface area is 123 Å². The van der Waals surface area contributed by atoms with Crippen LogP contribution in [-0.2, 0) is 9.53 Å². The average molecular weight is 313 g/mol. The third kappa shape index (κ3) is 5.28. The number of allylic oxidation sites excluding steroid dienone is 1. The number of rotatable bonds is 3. The van der Waals surface area contributed by atoms with Gasteiger partial charge >= 0.3 is 12.1 Å². The molecule has 1 rings (SSSR count). The van der Waals surface area contributed by atoms with Crippen LogP contribution in [-0.4, -0.2) is 23.7 Å². The van der Waals surface area contributed by atoms with Crippen molar-refractivity contribution < 1.29 is 27.6 Å². The van der Waals surface area contributed by atoms with Crippen LogP contribution in [0.15, 0.2) is 35.9 Å². The molecule has 1 aromatic rings. The number of carbonyl (C=O) groups excluding carboxylic acids is 1. The summed E-state index contributed by atoms with van der Waals surface area (Å²) in [7, 11) is 0. The number of nitro benzene ring substituents is 1. The van der Waals surface area contributed by atoms with Gasteiger partial charge in [0.05, 0.1) is 11.5 Å². The van der Waals surface area contributed by atoms with E-state index in [9.17, 15) is 28.1 Å². The maximum Gasteiger partial charge on any atom is 0.424 e. The lowest BCUT2D eigenvalue weighted by atomic mass is 10.1. The van der Waals surface area contributed by atoms with Crippen molar-refractivity contribution in [2.45, 2.75) is 13.1 Å². The Morgan fingerprint density at radius 3 is 2.41 bits per heavy atom. The van der Waals surface area contributed by atoms with Crippen molar-refractivity contribution in [3.05, 3.63) is 51.6 Å². The Bertz CT molecular complexity index is 651. The van der Waals surface area contributed by atoms with Crippen LogP contribution in [0, 0.1) is 22.0 Å². The highest BCUT2D eigenvalue weighted by atomic mass is 19.4. The minimum Gasteiger partial charge on any atom is -0.463 e. The number of alkyl halides is 3. The molecule has 0 aromatic heterocycles. The molecule has 0 amide bonds. The molecule has 116 valence electrons. The highest BCUT2D eigenvalue weighted by molar-refractivity contribution is 5.84. The van der Waals surface area contributed by atoms with Gasteiger partial charge in [0.2, 0.25) is 0 Å². The second-order valence-electron chi connectivity index (χ2n) is 3.86. The number of nitrogens with zero attached hydrogens (tertiary/aromatic N) is 1. The molecule has 0 saturated carbocycles. The molecule has 0 aliphatic carbocycles. The summed E-state index contributed by atoms with van der Waals surface area (Å²) in [6.07, 6.45) is -4.54. The topological polar surface area (TPSA) is 69.4 Å². The van der Waals surface area contributed by atoms with E-state index in [2.05, 4.69) is 10.7 Å². The number of benzene rings is 1. The monoisotopic (exact) mass is 313 g/mol. The molecular formula is C14H10F3NO4. The molecular weight excluding hydrogens is 303 g/mol. The van der Waals surface area contributed by atoms with E-state index in [1.54, 1.807) is 0 Å². The molecule has 0 heterocycles. The van der Waals surface area contributed by atoms with E-state index in [0.29, 0.717) is 0 Å². The van der Waals surface area contributed by atoms with Crippen molar-refractivity contribution in [2.24, 2.45) is 0 Å². The van der Waals surface area contributed by atoms with E-state index in [0.717, 1.165) is 12.1 Å². The molecule has 0 N–H and O–H groups in total. The normalized spacial score (nSPS) is 11.4. The molecule has 22 heavy (non-hydrogen) atoms. The van der Waals surface area contributed by atoms with Crippen molar-refractivity contribution in [3.63, 3.8) is 0 Å². The summed E-state index contributed by atoms with van der Waals surface area (Å²) in [5, 5.41) is 10.5. The van der Waals surface area contributed by atoms with Crippen molar-refractivity contribution >= 4 is 11.7 Å². The summed E-state index contributed by atoms with van der Waals surface area (Å²) in [4.78, 5) is 20.9. The summed E-state index contributed by atoms with van der Waals surface area (Å²) in [6.45, 7) is 1.40. The summed E-state index contributed by atoms with van der Waals surface area (Å²) in [5.41, 5.74) is -1.42. The number of ether oxygens (including phenoxy) is 1. The number of carbonyl (C=O) groups is 1. The van der Waals surface area contributed by atoms with Gasteiger partial charge in [0.25, 0.3) is 5.69 Å². The Morgan fingerprint density at radius 1 is 1.36 bits per heavy atom. The van der Waals surface area contributed by atoms with Crippen LogP contribution in [0.25, 0.3) is 0 Å². The van der Waals surface area contributed by atoms with Gasteiger partial charge in [0, 0.05) is 23.8 Å². The highest BCUT2D eigenvalue weighted by Gasteiger charge is 2.33. The van der Waals surface area contributed by atoms with Gasteiger partial charge in [-0.2, -0.15) is 13.2 Å². The van der Waals surface area contributed by atoms with E-state index in [1.165, 1.54) is 19.1 Å². The fourth-order valence-electron chi connectivity index (χ4n) is 1.30. The first kappa shape index (κ1) is 17.2. The van der Waals surface area contributed by atoms with Gasteiger partial charge in [-0.25, -0.2) is 4.79 Å². The minimum absolute atomic E-state index is 0.0593. The third-order valence-corrected chi connectivity index (χ3v) is 2.27. The van der Waals surface area contributed by atoms with Crippen molar-refractivity contribution in [1.82, 2.24) is 0 Å². The molecule has 5 nitrogen and oxygen atoms in total. The lowest BCUT2D eigenvalue weighted by molar-refractivity contribution is -0.384. The Morgan fingerprint density at radius 2 is 1.95 bits per heavy atom. The molecule has 0 aliphatic heterocycles. The van der Waals surface area contributed by atoms with Gasteiger partial charge in [-0.15, -0.1) is 0 Å². The van der Waals surface area contributed by atoms with Gasteiger partial charge in [-0.3, -0.25) is 10.1 Å². The van der Waals surface area contributed by atoms with Crippen LogP contribution in [0.4, 0.5) is 18.9 Å². The molecule has 0 unspecified atom stereocenters. The Kier molecular flexibility index (Phi) is 5.69. The zero-order valence-corrected chi connectivity index (χ0v) is 11.3. The number of esters is 1. The van der Waals surface area contributed by atoms with Gasteiger partial charge in [0.1, 0.15) is 5.57 Å². The summed E-state index contributed by atoms with van der Waals surface area (Å²) in [6, 6.07) is 4.66. The van der Waals surface area contributed by atoms with Crippen molar-refractivity contribution in [2.75, 3.05) is 6.61 Å². The van der Waals surface area contributed by atoms with Gasteiger partial charge in [-0.1, -0.05) is 11.8 Å². The molecule has 0 atom stereocenters. The quantitative estimate of drug-likeness (QED) is 0.283.